The van der Waals surface area contributed by atoms with Crippen molar-refractivity contribution in [3.63, 3.8) is 0 Å². The Hall–Kier alpha value is -2.79. The van der Waals surface area contributed by atoms with Crippen LogP contribution < -0.4 is 4.74 Å². The predicted octanol–water partition coefficient (Wildman–Crippen LogP) is 4.02. The van der Waals surface area contributed by atoms with Crippen LogP contribution in [0.25, 0.3) is 22.6 Å². The molecule has 0 N–H and O–H groups in total. The van der Waals surface area contributed by atoms with Gasteiger partial charge < -0.3 is 9.47 Å². The number of nitrogens with zero attached hydrogens (tertiary/aromatic N) is 3. The zero-order valence-electron chi connectivity index (χ0n) is 13.3. The number of para-hydroxylation sites is 1. The molecule has 0 amide bonds. The van der Waals surface area contributed by atoms with Gasteiger partial charge in [-0.05, 0) is 30.7 Å². The number of benzene rings is 1. The first-order valence-electron chi connectivity index (χ1n) is 8.02. The third-order valence-corrected chi connectivity index (χ3v) is 3.86. The van der Waals surface area contributed by atoms with Gasteiger partial charge in [-0.25, -0.2) is 9.97 Å². The van der Waals surface area contributed by atoms with Crippen molar-refractivity contribution in [2.24, 2.45) is 0 Å². The molecule has 0 spiro atoms. The first-order valence-corrected chi connectivity index (χ1v) is 8.02. The van der Waals surface area contributed by atoms with Gasteiger partial charge in [-0.1, -0.05) is 19.1 Å². The smallest absolute Gasteiger partial charge is 0.230 e. The number of ether oxygens (including phenoxy) is 2. The lowest BCUT2D eigenvalue weighted by molar-refractivity contribution is -0.0851. The van der Waals surface area contributed by atoms with Gasteiger partial charge in [-0.3, -0.25) is 4.98 Å². The van der Waals surface area contributed by atoms with Crippen LogP contribution in [0.4, 0.5) is 0 Å². The lowest BCUT2D eigenvalue weighted by Gasteiger charge is -2.27. The van der Waals surface area contributed by atoms with E-state index in [0.29, 0.717) is 12.4 Å². The summed E-state index contributed by atoms with van der Waals surface area (Å²) in [4.78, 5) is 13.3. The van der Waals surface area contributed by atoms with E-state index in [-0.39, 0.29) is 0 Å². The first kappa shape index (κ1) is 14.8. The summed E-state index contributed by atoms with van der Waals surface area (Å²) in [5.41, 5.74) is 3.61. The van der Waals surface area contributed by atoms with Crippen LogP contribution in [0, 0.1) is 0 Å². The molecule has 1 aliphatic heterocycles. The normalized spacial score (nSPS) is 15.3. The van der Waals surface area contributed by atoms with Gasteiger partial charge in [0.2, 0.25) is 6.29 Å². The van der Waals surface area contributed by atoms with Crippen molar-refractivity contribution in [1.29, 1.82) is 0 Å². The van der Waals surface area contributed by atoms with Crippen LogP contribution in [0.5, 0.6) is 5.75 Å². The molecule has 1 unspecified atom stereocenters. The minimum Gasteiger partial charge on any atom is -0.460 e. The van der Waals surface area contributed by atoms with Crippen LogP contribution in [0.15, 0.2) is 55.0 Å². The van der Waals surface area contributed by atoms with Crippen molar-refractivity contribution >= 4 is 0 Å². The van der Waals surface area contributed by atoms with Gasteiger partial charge in [0.1, 0.15) is 5.75 Å². The van der Waals surface area contributed by atoms with Crippen LogP contribution in [0.1, 0.15) is 25.2 Å². The summed E-state index contributed by atoms with van der Waals surface area (Å²) in [5, 5.41) is 0. The summed E-state index contributed by atoms with van der Waals surface area (Å²) in [7, 11) is 0. The second-order valence-electron chi connectivity index (χ2n) is 5.55. The van der Waals surface area contributed by atoms with Crippen LogP contribution in [0.2, 0.25) is 0 Å². The zero-order chi connectivity index (χ0) is 16.4. The molecule has 0 aliphatic carbocycles. The van der Waals surface area contributed by atoms with Crippen molar-refractivity contribution in [3.8, 4) is 28.4 Å². The number of aromatic nitrogens is 3. The molecule has 5 heteroatoms. The maximum absolute atomic E-state index is 5.99. The molecule has 3 aromatic rings. The fourth-order valence-electron chi connectivity index (χ4n) is 2.71. The molecule has 0 bridgehead atoms. The molecule has 0 fully saturated rings. The number of hydrogen-bond acceptors (Lipinski definition) is 5. The summed E-state index contributed by atoms with van der Waals surface area (Å²) in [6.07, 6.45) is 5.73. The Morgan fingerprint density at radius 3 is 2.79 bits per heavy atom. The van der Waals surface area contributed by atoms with Gasteiger partial charge in [0.25, 0.3) is 0 Å². The summed E-state index contributed by atoms with van der Waals surface area (Å²) in [6.45, 7) is 2.69. The van der Waals surface area contributed by atoms with E-state index < -0.39 is 6.29 Å². The van der Waals surface area contributed by atoms with E-state index in [1.54, 1.807) is 18.6 Å². The zero-order valence-corrected chi connectivity index (χ0v) is 13.3. The Kier molecular flexibility index (Phi) is 3.92. The monoisotopic (exact) mass is 319 g/mol. The Bertz CT molecular complexity index is 852. The fraction of sp³-hybridized carbons (Fsp3) is 0.211. The highest BCUT2D eigenvalue weighted by Gasteiger charge is 2.28. The van der Waals surface area contributed by atoms with Gasteiger partial charge >= 0.3 is 0 Å². The van der Waals surface area contributed by atoms with Crippen molar-refractivity contribution in [3.05, 3.63) is 60.6 Å². The third-order valence-electron chi connectivity index (χ3n) is 3.86. The van der Waals surface area contributed by atoms with Crippen molar-refractivity contribution in [2.75, 3.05) is 6.61 Å². The molecule has 2 aromatic heterocycles. The molecule has 3 heterocycles. The van der Waals surface area contributed by atoms with E-state index in [1.807, 2.05) is 36.4 Å². The van der Waals surface area contributed by atoms with E-state index >= 15 is 0 Å². The van der Waals surface area contributed by atoms with Crippen molar-refractivity contribution < 1.29 is 9.47 Å². The average Bonchev–Trinajstić information content (AvgIpc) is 2.66. The summed E-state index contributed by atoms with van der Waals surface area (Å²) < 4.78 is 11.8. The van der Waals surface area contributed by atoms with E-state index in [9.17, 15) is 0 Å². The Balaban J connectivity index is 1.83. The quantitative estimate of drug-likeness (QED) is 0.727. The number of hydrogen-bond donors (Lipinski definition) is 0. The molecule has 1 aliphatic rings. The molecular weight excluding hydrogens is 302 g/mol. The lowest BCUT2D eigenvalue weighted by atomic mass is 10.0. The maximum atomic E-state index is 5.99. The second-order valence-corrected chi connectivity index (χ2v) is 5.55. The molecule has 0 saturated carbocycles. The number of fused-ring (bicyclic) bond motifs is 3. The highest BCUT2D eigenvalue weighted by molar-refractivity contribution is 5.73. The number of rotatable bonds is 4. The topological polar surface area (TPSA) is 57.1 Å². The molecular formula is C19H17N3O2. The molecule has 4 rings (SSSR count). The highest BCUT2D eigenvalue weighted by Crippen LogP contribution is 2.41. The summed E-state index contributed by atoms with van der Waals surface area (Å²) in [5.74, 6) is 1.45. The van der Waals surface area contributed by atoms with Gasteiger partial charge in [-0.15, -0.1) is 0 Å². The molecule has 120 valence electrons. The van der Waals surface area contributed by atoms with E-state index in [1.165, 1.54) is 0 Å². The van der Waals surface area contributed by atoms with E-state index in [2.05, 4.69) is 16.9 Å². The van der Waals surface area contributed by atoms with Crippen molar-refractivity contribution in [1.82, 2.24) is 15.0 Å². The van der Waals surface area contributed by atoms with Gasteiger partial charge in [0.15, 0.2) is 5.82 Å². The van der Waals surface area contributed by atoms with Crippen LogP contribution in [-0.4, -0.2) is 21.6 Å². The first-order chi connectivity index (χ1) is 11.9. The van der Waals surface area contributed by atoms with Gasteiger partial charge in [0, 0.05) is 29.7 Å². The molecule has 1 aromatic carbocycles. The Morgan fingerprint density at radius 2 is 1.96 bits per heavy atom. The predicted molar refractivity (Wildman–Crippen MR) is 90.3 cm³/mol. The standard InChI is InChI=1S/C19H17N3O2/c1-2-11-23-19-15-12-21-18(13-7-9-20-10-8-13)22-17(15)14-5-3-4-6-16(14)24-19/h3-10,12,19H,2,11H2,1H3. The lowest BCUT2D eigenvalue weighted by Crippen LogP contribution is -2.19. The van der Waals surface area contributed by atoms with Gasteiger partial charge in [0.05, 0.1) is 17.9 Å². The third kappa shape index (κ3) is 2.63. The van der Waals surface area contributed by atoms with E-state index in [0.717, 1.165) is 34.6 Å². The molecule has 1 atom stereocenters. The average molecular weight is 319 g/mol. The van der Waals surface area contributed by atoms with Gasteiger partial charge in [-0.2, -0.15) is 0 Å². The number of pyridine rings is 1. The van der Waals surface area contributed by atoms with Crippen LogP contribution >= 0.6 is 0 Å². The van der Waals surface area contributed by atoms with Crippen molar-refractivity contribution in [2.45, 2.75) is 19.6 Å². The fourth-order valence-corrected chi connectivity index (χ4v) is 2.71. The highest BCUT2D eigenvalue weighted by atomic mass is 16.7. The minimum absolute atomic E-state index is 0.471. The van der Waals surface area contributed by atoms with Crippen LogP contribution in [0.3, 0.4) is 0 Å². The molecule has 0 saturated heterocycles. The second kappa shape index (κ2) is 6.37. The van der Waals surface area contributed by atoms with Crippen LogP contribution in [-0.2, 0) is 4.74 Å². The summed E-state index contributed by atoms with van der Waals surface area (Å²) in [6, 6.07) is 11.7. The summed E-state index contributed by atoms with van der Waals surface area (Å²) >= 11 is 0. The minimum atomic E-state index is -0.471. The Labute approximate surface area is 140 Å². The molecule has 0 radical (unpaired) electrons. The SMILES string of the molecule is CCCOC1Oc2ccccc2-c2nc(-c3ccncc3)ncc21. The molecule has 24 heavy (non-hydrogen) atoms. The Morgan fingerprint density at radius 1 is 1.12 bits per heavy atom. The maximum Gasteiger partial charge on any atom is 0.230 e. The largest absolute Gasteiger partial charge is 0.460 e. The molecule has 5 nitrogen and oxygen atoms in total. The van der Waals surface area contributed by atoms with E-state index in [4.69, 9.17) is 14.5 Å².